The minimum Gasteiger partial charge on any atom is -0.506 e. The van der Waals surface area contributed by atoms with Crippen molar-refractivity contribution < 1.29 is 29.0 Å². The smallest absolute Gasteiger partial charge is 0.343 e. The summed E-state index contributed by atoms with van der Waals surface area (Å²) in [5.74, 6) is -2.62. The maximum Gasteiger partial charge on any atom is 0.343 e. The van der Waals surface area contributed by atoms with Crippen molar-refractivity contribution in [2.45, 2.75) is 12.0 Å². The molecule has 5 rings (SSSR count). The summed E-state index contributed by atoms with van der Waals surface area (Å²) in [4.78, 5) is 45.1. The molecule has 0 aliphatic carbocycles. The van der Waals surface area contributed by atoms with E-state index in [1.807, 2.05) is 24.3 Å². The van der Waals surface area contributed by atoms with Gasteiger partial charge in [-0.25, -0.2) is 9.59 Å². The lowest BCUT2D eigenvalue weighted by Gasteiger charge is -2.46. The molecule has 0 bridgehead atoms. The van der Waals surface area contributed by atoms with Gasteiger partial charge in [-0.15, -0.1) is 0 Å². The zero-order valence-electron chi connectivity index (χ0n) is 19.2. The molecule has 0 fully saturated rings. The summed E-state index contributed by atoms with van der Waals surface area (Å²) in [6, 6.07) is 10.2. The van der Waals surface area contributed by atoms with Gasteiger partial charge < -0.3 is 24.5 Å². The Morgan fingerprint density at radius 1 is 1.11 bits per heavy atom. The Morgan fingerprint density at radius 3 is 2.58 bits per heavy atom. The lowest BCUT2D eigenvalue weighted by molar-refractivity contribution is -0.156. The van der Waals surface area contributed by atoms with Crippen LogP contribution in [-0.4, -0.2) is 53.5 Å². The first-order valence-corrected chi connectivity index (χ1v) is 11.7. The van der Waals surface area contributed by atoms with Crippen LogP contribution in [0.2, 0.25) is 10.0 Å². The van der Waals surface area contributed by atoms with Crippen LogP contribution in [0.15, 0.2) is 59.8 Å². The number of para-hydroxylation sites is 1. The van der Waals surface area contributed by atoms with E-state index in [1.54, 1.807) is 4.90 Å². The maximum atomic E-state index is 13.6. The number of aromatic amines is 1. The van der Waals surface area contributed by atoms with Gasteiger partial charge in [0.1, 0.15) is 5.75 Å². The number of phenols is 1. The largest absolute Gasteiger partial charge is 0.506 e. The van der Waals surface area contributed by atoms with Crippen LogP contribution in [0.1, 0.15) is 21.6 Å². The summed E-state index contributed by atoms with van der Waals surface area (Å²) in [5.41, 5.74) is 0.186. The van der Waals surface area contributed by atoms with E-state index in [9.17, 15) is 19.5 Å². The molecule has 2 aliphatic heterocycles. The number of nitrogens with one attached hydrogen (secondary N) is 1. The molecule has 0 radical (unpaired) electrons. The average Bonchev–Trinajstić information content (AvgIpc) is 3.27. The molecule has 2 aromatic carbocycles. The van der Waals surface area contributed by atoms with Crippen molar-refractivity contribution in [1.82, 2.24) is 9.88 Å². The number of allylic oxidation sites excluding steroid dienone is 2. The van der Waals surface area contributed by atoms with Crippen molar-refractivity contribution in [2.24, 2.45) is 0 Å². The number of hydrogen-bond donors (Lipinski definition) is 2. The number of aromatic hydroxyl groups is 1. The number of methoxy groups -OCH3 is 2. The number of carbonyl (C=O) groups excluding carboxylic acids is 3. The zero-order chi connectivity index (χ0) is 25.8. The Morgan fingerprint density at radius 2 is 1.86 bits per heavy atom. The predicted octanol–water partition coefficient (Wildman–Crippen LogP) is 4.29. The molecule has 0 saturated carbocycles. The second-order valence-electron chi connectivity index (χ2n) is 8.42. The van der Waals surface area contributed by atoms with E-state index in [4.69, 9.17) is 32.7 Å². The van der Waals surface area contributed by atoms with Crippen molar-refractivity contribution in [3.05, 3.63) is 86.7 Å². The van der Waals surface area contributed by atoms with Gasteiger partial charge in [-0.05, 0) is 36.3 Å². The Balaban J connectivity index is 1.76. The number of halogens is 2. The fourth-order valence-electron chi connectivity index (χ4n) is 5.04. The second-order valence-corrected chi connectivity index (χ2v) is 9.26. The van der Waals surface area contributed by atoms with Crippen molar-refractivity contribution in [3.63, 3.8) is 0 Å². The highest BCUT2D eigenvalue weighted by Crippen LogP contribution is 2.48. The summed E-state index contributed by atoms with van der Waals surface area (Å²) < 4.78 is 10.3. The van der Waals surface area contributed by atoms with E-state index in [0.29, 0.717) is 12.1 Å². The highest BCUT2D eigenvalue weighted by Gasteiger charge is 2.58. The average molecular weight is 527 g/mol. The minimum atomic E-state index is -1.72. The Hall–Kier alpha value is -3.75. The monoisotopic (exact) mass is 526 g/mol. The van der Waals surface area contributed by atoms with Crippen molar-refractivity contribution in [1.29, 1.82) is 0 Å². The molecule has 36 heavy (non-hydrogen) atoms. The van der Waals surface area contributed by atoms with Gasteiger partial charge in [-0.3, -0.25) is 4.79 Å². The maximum absolute atomic E-state index is 13.6. The number of hydrogen-bond acceptors (Lipinski definition) is 7. The molecule has 0 saturated heterocycles. The number of phenolic OH excluding ortho intramolecular Hbond substituents is 1. The van der Waals surface area contributed by atoms with Crippen LogP contribution in [0, 0.1) is 0 Å². The summed E-state index contributed by atoms with van der Waals surface area (Å²) in [6.45, 7) is 0.289. The van der Waals surface area contributed by atoms with Crippen LogP contribution >= 0.6 is 23.2 Å². The molecule has 1 unspecified atom stereocenters. The fraction of sp³-hybridized carbons (Fsp3) is 0.192. The van der Waals surface area contributed by atoms with E-state index in [1.165, 1.54) is 38.6 Å². The number of ketones is 1. The molecular formula is C26H20Cl2N2O6. The summed E-state index contributed by atoms with van der Waals surface area (Å²) in [5, 5.41) is 11.4. The first-order chi connectivity index (χ1) is 17.2. The van der Waals surface area contributed by atoms with Crippen LogP contribution in [0.3, 0.4) is 0 Å². The molecule has 10 heteroatoms. The van der Waals surface area contributed by atoms with Crippen molar-refractivity contribution in [3.8, 4) is 5.75 Å². The lowest BCUT2D eigenvalue weighted by atomic mass is 9.75. The molecule has 3 aromatic rings. The molecule has 1 atom stereocenters. The SMILES string of the molecule is COC(=O)C1=CC(C(=O)c2cc(Cl)cc(Cl)c2O)=CN2CCc3c([nH]c4ccccc34)C12C(=O)OC. The summed E-state index contributed by atoms with van der Waals surface area (Å²) in [6.07, 6.45) is 3.30. The number of benzene rings is 2. The predicted molar refractivity (Wildman–Crippen MR) is 133 cm³/mol. The van der Waals surface area contributed by atoms with Gasteiger partial charge in [0.05, 0.1) is 36.1 Å². The molecule has 184 valence electrons. The topological polar surface area (TPSA) is 109 Å². The number of ether oxygens (including phenoxy) is 2. The molecule has 2 aliphatic rings. The molecule has 0 amide bonds. The quantitative estimate of drug-likeness (QED) is 0.385. The highest BCUT2D eigenvalue weighted by atomic mass is 35.5. The van der Waals surface area contributed by atoms with Crippen LogP contribution in [0.5, 0.6) is 5.75 Å². The second kappa shape index (κ2) is 8.72. The van der Waals surface area contributed by atoms with Gasteiger partial charge in [-0.2, -0.15) is 0 Å². The summed E-state index contributed by atoms with van der Waals surface area (Å²) in [7, 11) is 2.42. The standard InChI is InChI=1S/C26H20Cl2N2O6/c1-35-24(33)18-9-13(21(31)17-10-14(27)11-19(28)22(17)32)12-30-8-7-16-15-5-3-4-6-20(15)29-23(16)26(18,30)25(34)36-2/h3-6,9-12,29,32H,7-8H2,1-2H3. The number of aromatic nitrogens is 1. The van der Waals surface area contributed by atoms with Gasteiger partial charge in [0.25, 0.3) is 0 Å². The van der Waals surface area contributed by atoms with Crippen LogP contribution < -0.4 is 0 Å². The first kappa shape index (κ1) is 24.0. The third kappa shape index (κ3) is 3.32. The molecule has 3 heterocycles. The van der Waals surface area contributed by atoms with Crippen LogP contribution in [0.25, 0.3) is 10.9 Å². The Labute approximate surface area is 215 Å². The van der Waals surface area contributed by atoms with E-state index < -0.39 is 29.0 Å². The van der Waals surface area contributed by atoms with Crippen molar-refractivity contribution in [2.75, 3.05) is 20.8 Å². The molecule has 0 spiro atoms. The van der Waals surface area contributed by atoms with Gasteiger partial charge in [0.2, 0.25) is 5.54 Å². The number of nitrogens with zero attached hydrogens (tertiary/aromatic N) is 1. The molecular weight excluding hydrogens is 507 g/mol. The third-order valence-electron chi connectivity index (χ3n) is 6.61. The third-order valence-corrected chi connectivity index (χ3v) is 7.12. The Kier molecular flexibility index (Phi) is 5.81. The lowest BCUT2D eigenvalue weighted by Crippen LogP contribution is -2.58. The Bertz CT molecular complexity index is 1520. The highest BCUT2D eigenvalue weighted by molar-refractivity contribution is 6.36. The number of Topliss-reactive ketones (excluding diaryl/α,β-unsaturated/α-hetero) is 1. The number of fused-ring (bicyclic) bond motifs is 5. The fourth-order valence-corrected chi connectivity index (χ4v) is 5.53. The van der Waals surface area contributed by atoms with Crippen molar-refractivity contribution >= 4 is 51.8 Å². The van der Waals surface area contributed by atoms with Crippen LogP contribution in [-0.2, 0) is 31.0 Å². The van der Waals surface area contributed by atoms with E-state index in [2.05, 4.69) is 4.98 Å². The number of carbonyl (C=O) groups is 3. The molecule has 1 aromatic heterocycles. The summed E-state index contributed by atoms with van der Waals surface area (Å²) >= 11 is 12.1. The number of esters is 2. The van der Waals surface area contributed by atoms with Gasteiger partial charge in [0, 0.05) is 34.2 Å². The van der Waals surface area contributed by atoms with Gasteiger partial charge in [-0.1, -0.05) is 41.4 Å². The zero-order valence-corrected chi connectivity index (χ0v) is 20.7. The first-order valence-electron chi connectivity index (χ1n) is 10.9. The minimum absolute atomic E-state index is 0.0307. The van der Waals surface area contributed by atoms with Gasteiger partial charge >= 0.3 is 11.9 Å². The number of H-pyrrole nitrogens is 1. The van der Waals surface area contributed by atoms with E-state index in [0.717, 1.165) is 16.5 Å². The molecule has 8 nitrogen and oxygen atoms in total. The van der Waals surface area contributed by atoms with Gasteiger partial charge in [0.15, 0.2) is 5.78 Å². The van der Waals surface area contributed by atoms with Crippen LogP contribution in [0.4, 0.5) is 0 Å². The van der Waals surface area contributed by atoms with E-state index >= 15 is 0 Å². The normalized spacial score (nSPS) is 18.6. The number of rotatable bonds is 4. The van der Waals surface area contributed by atoms with E-state index in [-0.39, 0.29) is 33.3 Å². The molecule has 2 N–H and O–H groups in total.